The van der Waals surface area contributed by atoms with E-state index < -0.39 is 0 Å². The molecule has 0 aliphatic rings. The molecule has 0 fully saturated rings. The van der Waals surface area contributed by atoms with E-state index in [0.717, 1.165) is 13.1 Å². The van der Waals surface area contributed by atoms with E-state index in [1.807, 2.05) is 25.7 Å². The van der Waals surface area contributed by atoms with Gasteiger partial charge in [0.2, 0.25) is 0 Å². The number of carbonyl (C=O) groups excluding carboxylic acids is 1. The highest BCUT2D eigenvalue weighted by molar-refractivity contribution is 5.74. The molecule has 0 radical (unpaired) electrons. The van der Waals surface area contributed by atoms with Gasteiger partial charge < -0.3 is 20.6 Å². The topological polar surface area (TPSA) is 64.6 Å². The number of carbonyl (C=O) groups is 1. The van der Waals surface area contributed by atoms with Crippen LogP contribution in [0.5, 0.6) is 0 Å². The normalized spacial score (nSPS) is 11.9. The van der Waals surface area contributed by atoms with Gasteiger partial charge in [-0.25, -0.2) is 9.18 Å². The first-order valence-electron chi connectivity index (χ1n) is 7.74. The Kier molecular flexibility index (Phi) is 7.66. The lowest BCUT2D eigenvalue weighted by Crippen LogP contribution is -2.43. The molecule has 3 N–H and O–H groups in total. The van der Waals surface area contributed by atoms with E-state index in [4.69, 9.17) is 5.11 Å². The van der Waals surface area contributed by atoms with E-state index in [2.05, 4.69) is 10.6 Å². The Bertz CT molecular complexity index is 474. The molecule has 1 aromatic carbocycles. The van der Waals surface area contributed by atoms with Crippen LogP contribution in [-0.4, -0.2) is 36.9 Å². The Labute approximate surface area is 131 Å². The van der Waals surface area contributed by atoms with Gasteiger partial charge in [0, 0.05) is 19.6 Å². The quantitative estimate of drug-likeness (QED) is 0.690. The van der Waals surface area contributed by atoms with E-state index in [1.54, 1.807) is 12.1 Å². The molecule has 1 aromatic rings. The molecule has 1 atom stereocenters. The Morgan fingerprint density at radius 3 is 2.50 bits per heavy atom. The number of urea groups is 1. The highest BCUT2D eigenvalue weighted by atomic mass is 19.1. The fourth-order valence-corrected chi connectivity index (χ4v) is 2.18. The summed E-state index contributed by atoms with van der Waals surface area (Å²) < 4.78 is 14.1. The third-order valence-corrected chi connectivity index (χ3v) is 3.62. The van der Waals surface area contributed by atoms with E-state index in [9.17, 15) is 9.18 Å². The fourth-order valence-electron chi connectivity index (χ4n) is 2.18. The zero-order valence-electron chi connectivity index (χ0n) is 13.5. The first-order valence-corrected chi connectivity index (χ1v) is 7.74. The molecule has 0 aromatic heterocycles. The highest BCUT2D eigenvalue weighted by Crippen LogP contribution is 2.20. The average Bonchev–Trinajstić information content (AvgIpc) is 2.53. The predicted molar refractivity (Wildman–Crippen MR) is 86.5 cm³/mol. The van der Waals surface area contributed by atoms with Crippen molar-refractivity contribution in [3.63, 3.8) is 0 Å². The van der Waals surface area contributed by atoms with Gasteiger partial charge in [-0.15, -0.1) is 0 Å². The third kappa shape index (κ3) is 5.18. The van der Waals surface area contributed by atoms with E-state index in [0.29, 0.717) is 17.7 Å². The van der Waals surface area contributed by atoms with Crippen molar-refractivity contribution < 1.29 is 14.3 Å². The van der Waals surface area contributed by atoms with Gasteiger partial charge in [-0.05, 0) is 38.0 Å². The van der Waals surface area contributed by atoms with Crippen molar-refractivity contribution in [1.82, 2.24) is 10.6 Å². The largest absolute Gasteiger partial charge is 0.394 e. The minimum atomic E-state index is -0.367. The van der Waals surface area contributed by atoms with E-state index in [1.165, 1.54) is 6.07 Å². The lowest BCUT2D eigenvalue weighted by atomic mass is 10.1. The number of aliphatic hydroxyl groups is 1. The summed E-state index contributed by atoms with van der Waals surface area (Å²) >= 11 is 0. The van der Waals surface area contributed by atoms with Crippen molar-refractivity contribution >= 4 is 11.7 Å². The van der Waals surface area contributed by atoms with Gasteiger partial charge in [-0.1, -0.05) is 13.0 Å². The minimum Gasteiger partial charge on any atom is -0.394 e. The number of benzene rings is 1. The molecule has 1 rings (SSSR count). The fraction of sp³-hybridized carbons (Fsp3) is 0.562. The van der Waals surface area contributed by atoms with Crippen LogP contribution in [-0.2, 0) is 6.54 Å². The summed E-state index contributed by atoms with van der Waals surface area (Å²) in [6.07, 6.45) is 0.650. The molecule has 5 nitrogen and oxygen atoms in total. The number of amides is 2. The number of halogens is 1. The lowest BCUT2D eigenvalue weighted by Gasteiger charge is -2.22. The van der Waals surface area contributed by atoms with Crippen molar-refractivity contribution in [2.45, 2.75) is 39.8 Å². The standard InChI is InChI=1S/C16H26FN3O2/c1-4-13(11-21)19-16(22)18-10-12-7-8-15(14(17)9-12)20(5-2)6-3/h7-9,13,21H,4-6,10-11H2,1-3H3,(H2,18,19,22). The van der Waals surface area contributed by atoms with Crippen LogP contribution in [0, 0.1) is 5.82 Å². The van der Waals surface area contributed by atoms with Crippen LogP contribution in [0.1, 0.15) is 32.8 Å². The van der Waals surface area contributed by atoms with Gasteiger partial charge in [0.25, 0.3) is 0 Å². The summed E-state index contributed by atoms with van der Waals surface area (Å²) in [6, 6.07) is 4.35. The van der Waals surface area contributed by atoms with Crippen LogP contribution in [0.2, 0.25) is 0 Å². The number of hydrogen-bond donors (Lipinski definition) is 3. The van der Waals surface area contributed by atoms with Crippen LogP contribution < -0.4 is 15.5 Å². The van der Waals surface area contributed by atoms with Crippen molar-refractivity contribution in [3.8, 4) is 0 Å². The van der Waals surface area contributed by atoms with Crippen LogP contribution in [0.3, 0.4) is 0 Å². The van der Waals surface area contributed by atoms with Gasteiger partial charge in [0.1, 0.15) is 5.82 Å². The Morgan fingerprint density at radius 1 is 1.32 bits per heavy atom. The maximum Gasteiger partial charge on any atom is 0.315 e. The third-order valence-electron chi connectivity index (χ3n) is 3.62. The molecule has 1 unspecified atom stereocenters. The molecule has 0 aliphatic carbocycles. The van der Waals surface area contributed by atoms with Gasteiger partial charge in [0.15, 0.2) is 0 Å². The van der Waals surface area contributed by atoms with Gasteiger partial charge in [0.05, 0.1) is 18.3 Å². The van der Waals surface area contributed by atoms with E-state index >= 15 is 0 Å². The Hall–Kier alpha value is -1.82. The first kappa shape index (κ1) is 18.2. The van der Waals surface area contributed by atoms with Crippen LogP contribution in [0.4, 0.5) is 14.9 Å². The number of hydrogen-bond acceptors (Lipinski definition) is 3. The molecule has 22 heavy (non-hydrogen) atoms. The number of rotatable bonds is 8. The minimum absolute atomic E-state index is 0.100. The number of anilines is 1. The molecule has 0 spiro atoms. The molecule has 0 heterocycles. The summed E-state index contributed by atoms with van der Waals surface area (Å²) in [4.78, 5) is 13.6. The molecule has 0 bridgehead atoms. The molecule has 6 heteroatoms. The zero-order chi connectivity index (χ0) is 16.5. The van der Waals surface area contributed by atoms with Crippen molar-refractivity contribution in [2.75, 3.05) is 24.6 Å². The lowest BCUT2D eigenvalue weighted by molar-refractivity contribution is 0.214. The second kappa shape index (κ2) is 9.25. The molecule has 0 aliphatic heterocycles. The summed E-state index contributed by atoms with van der Waals surface area (Å²) in [5.74, 6) is -0.287. The van der Waals surface area contributed by atoms with Crippen LogP contribution in [0.25, 0.3) is 0 Å². The van der Waals surface area contributed by atoms with Crippen LogP contribution >= 0.6 is 0 Å². The molecular weight excluding hydrogens is 285 g/mol. The number of nitrogens with zero attached hydrogens (tertiary/aromatic N) is 1. The predicted octanol–water partition coefficient (Wildman–Crippen LogP) is 2.24. The summed E-state index contributed by atoms with van der Waals surface area (Å²) in [6.45, 7) is 7.46. The Balaban J connectivity index is 2.60. The van der Waals surface area contributed by atoms with Gasteiger partial charge in [-0.2, -0.15) is 0 Å². The maximum absolute atomic E-state index is 14.1. The number of aliphatic hydroxyl groups excluding tert-OH is 1. The maximum atomic E-state index is 14.1. The molecule has 124 valence electrons. The first-order chi connectivity index (χ1) is 10.5. The second-order valence-electron chi connectivity index (χ2n) is 5.07. The second-order valence-corrected chi connectivity index (χ2v) is 5.07. The summed E-state index contributed by atoms with van der Waals surface area (Å²) in [5, 5.41) is 14.3. The van der Waals surface area contributed by atoms with Crippen LogP contribution in [0.15, 0.2) is 18.2 Å². The monoisotopic (exact) mass is 311 g/mol. The molecule has 2 amide bonds. The van der Waals surface area contributed by atoms with Crippen molar-refractivity contribution in [3.05, 3.63) is 29.6 Å². The molecular formula is C16H26FN3O2. The number of nitrogens with one attached hydrogen (secondary N) is 2. The van der Waals surface area contributed by atoms with Crippen molar-refractivity contribution in [1.29, 1.82) is 0 Å². The zero-order valence-corrected chi connectivity index (χ0v) is 13.5. The molecule has 0 saturated heterocycles. The van der Waals surface area contributed by atoms with Gasteiger partial charge in [-0.3, -0.25) is 0 Å². The molecule has 0 saturated carbocycles. The summed E-state index contributed by atoms with van der Waals surface area (Å²) in [7, 11) is 0. The van der Waals surface area contributed by atoms with Gasteiger partial charge >= 0.3 is 6.03 Å². The van der Waals surface area contributed by atoms with E-state index in [-0.39, 0.29) is 31.0 Å². The average molecular weight is 311 g/mol. The SMILES string of the molecule is CCC(CO)NC(=O)NCc1ccc(N(CC)CC)c(F)c1. The summed E-state index contributed by atoms with van der Waals surface area (Å²) in [5.41, 5.74) is 1.27. The van der Waals surface area contributed by atoms with Crippen molar-refractivity contribution in [2.24, 2.45) is 0 Å². The Morgan fingerprint density at radius 2 is 2.00 bits per heavy atom. The smallest absolute Gasteiger partial charge is 0.315 e. The highest BCUT2D eigenvalue weighted by Gasteiger charge is 2.11.